The Morgan fingerprint density at radius 3 is 2.90 bits per heavy atom. The van der Waals surface area contributed by atoms with Crippen LogP contribution in [0.5, 0.6) is 5.75 Å². The highest BCUT2D eigenvalue weighted by molar-refractivity contribution is 7.15. The number of benzene rings is 1. The lowest BCUT2D eigenvalue weighted by Crippen LogP contribution is -1.95. The molecule has 2 heterocycles. The first kappa shape index (κ1) is 14.4. The first-order valence-corrected chi connectivity index (χ1v) is 7.82. The number of rotatable bonds is 4. The van der Waals surface area contributed by atoms with Crippen LogP contribution in [0.4, 0.5) is 0 Å². The normalized spacial score (nSPS) is 11.0. The Hall–Kier alpha value is -1.56. The fraction of sp³-hybridized carbons (Fsp3) is 0.143. The Balaban J connectivity index is 2.20. The van der Waals surface area contributed by atoms with Crippen LogP contribution < -0.4 is 4.74 Å². The van der Waals surface area contributed by atoms with Crippen molar-refractivity contribution in [2.24, 2.45) is 0 Å². The zero-order chi connectivity index (χ0) is 15.0. The molecule has 0 saturated carbocycles. The monoisotopic (exact) mass is 340 g/mol. The summed E-state index contributed by atoms with van der Waals surface area (Å²) in [6.45, 7) is 2.36. The van der Waals surface area contributed by atoms with Gasteiger partial charge in [0.2, 0.25) is 0 Å². The molecular formula is C14H10Cl2N2O2S. The molecule has 108 valence electrons. The summed E-state index contributed by atoms with van der Waals surface area (Å²) in [5, 5.41) is 2.74. The second-order valence-corrected chi connectivity index (χ2v) is 5.90. The minimum Gasteiger partial charge on any atom is -0.492 e. The third kappa shape index (κ3) is 2.41. The van der Waals surface area contributed by atoms with Crippen molar-refractivity contribution >= 4 is 45.8 Å². The number of carbonyl (C=O) groups excluding carboxylic acids is 1. The lowest BCUT2D eigenvalue weighted by Gasteiger charge is -2.09. The average molecular weight is 341 g/mol. The smallest absolute Gasteiger partial charge is 0.194 e. The summed E-state index contributed by atoms with van der Waals surface area (Å²) >= 11 is 13.9. The molecule has 21 heavy (non-hydrogen) atoms. The Bertz CT molecular complexity index is 826. The van der Waals surface area contributed by atoms with Crippen LogP contribution in [0.25, 0.3) is 16.2 Å². The predicted octanol–water partition coefficient (Wildman–Crippen LogP) is 4.58. The maximum atomic E-state index is 11.4. The lowest BCUT2D eigenvalue weighted by molar-refractivity contribution is 0.111. The van der Waals surface area contributed by atoms with Crippen LogP contribution in [-0.2, 0) is 0 Å². The fourth-order valence-electron chi connectivity index (χ4n) is 2.09. The molecule has 7 heteroatoms. The van der Waals surface area contributed by atoms with Crippen LogP contribution in [0, 0.1) is 0 Å². The minimum atomic E-state index is 0.435. The molecule has 0 aliphatic heterocycles. The molecule has 0 amide bonds. The highest BCUT2D eigenvalue weighted by atomic mass is 35.5. The summed E-state index contributed by atoms with van der Waals surface area (Å²) in [7, 11) is 0. The standard InChI is InChI=1S/C14H10Cl2N2O2S/c1-2-20-12-6-9(15)8(5-10(12)16)13-11(7-19)18-3-4-21-14(18)17-13/h3-7H,2H2,1H3. The van der Waals surface area contributed by atoms with Gasteiger partial charge in [0.15, 0.2) is 11.2 Å². The summed E-state index contributed by atoms with van der Waals surface area (Å²) in [6.07, 6.45) is 2.56. The van der Waals surface area contributed by atoms with Crippen LogP contribution in [0.15, 0.2) is 23.7 Å². The van der Waals surface area contributed by atoms with E-state index in [0.717, 1.165) is 11.2 Å². The number of imidazole rings is 1. The van der Waals surface area contributed by atoms with E-state index in [1.807, 2.05) is 12.3 Å². The van der Waals surface area contributed by atoms with Gasteiger partial charge in [-0.05, 0) is 13.0 Å². The van der Waals surface area contributed by atoms with E-state index in [1.54, 1.807) is 22.7 Å². The summed E-state index contributed by atoms with van der Waals surface area (Å²) in [5.74, 6) is 0.515. The molecule has 2 aromatic heterocycles. The van der Waals surface area contributed by atoms with Crippen LogP contribution in [0.3, 0.4) is 0 Å². The largest absolute Gasteiger partial charge is 0.492 e. The molecule has 0 atom stereocenters. The summed E-state index contributed by atoms with van der Waals surface area (Å²) in [6, 6.07) is 3.32. The van der Waals surface area contributed by atoms with Gasteiger partial charge >= 0.3 is 0 Å². The molecule has 4 nitrogen and oxygen atoms in total. The number of nitrogens with zero attached hydrogens (tertiary/aromatic N) is 2. The molecule has 0 saturated heterocycles. The Labute approximate surface area is 134 Å². The van der Waals surface area contributed by atoms with E-state index < -0.39 is 0 Å². The van der Waals surface area contributed by atoms with Gasteiger partial charge in [0.25, 0.3) is 0 Å². The van der Waals surface area contributed by atoms with Crippen molar-refractivity contribution in [2.75, 3.05) is 6.61 Å². The number of hydrogen-bond donors (Lipinski definition) is 0. The van der Waals surface area contributed by atoms with Gasteiger partial charge in [-0.3, -0.25) is 9.20 Å². The zero-order valence-electron chi connectivity index (χ0n) is 11.0. The van der Waals surface area contributed by atoms with Crippen LogP contribution in [0.1, 0.15) is 17.4 Å². The number of halogens is 2. The molecule has 0 radical (unpaired) electrons. The molecule has 0 unspecified atom stereocenters. The van der Waals surface area contributed by atoms with Gasteiger partial charge in [-0.1, -0.05) is 23.2 Å². The van der Waals surface area contributed by atoms with Crippen LogP contribution in [0.2, 0.25) is 10.0 Å². The number of aromatic nitrogens is 2. The number of aldehydes is 1. The first-order chi connectivity index (χ1) is 10.2. The number of thiazole rings is 1. The highest BCUT2D eigenvalue weighted by Gasteiger charge is 2.18. The third-order valence-electron chi connectivity index (χ3n) is 2.99. The molecule has 0 aliphatic rings. The average Bonchev–Trinajstić information content (AvgIpc) is 3.02. The molecule has 0 N–H and O–H groups in total. The van der Waals surface area contributed by atoms with Crippen molar-refractivity contribution in [3.8, 4) is 17.0 Å². The quantitative estimate of drug-likeness (QED) is 0.653. The van der Waals surface area contributed by atoms with Gasteiger partial charge in [-0.15, -0.1) is 11.3 Å². The summed E-state index contributed by atoms with van der Waals surface area (Å²) in [5.41, 5.74) is 1.59. The predicted molar refractivity (Wildman–Crippen MR) is 85.1 cm³/mol. The zero-order valence-corrected chi connectivity index (χ0v) is 13.3. The fourth-order valence-corrected chi connectivity index (χ4v) is 3.27. The van der Waals surface area contributed by atoms with Crippen molar-refractivity contribution in [3.05, 3.63) is 39.4 Å². The molecule has 0 bridgehead atoms. The molecule has 0 fully saturated rings. The van der Waals surface area contributed by atoms with Gasteiger partial charge < -0.3 is 4.74 Å². The first-order valence-electron chi connectivity index (χ1n) is 6.18. The van der Waals surface area contributed by atoms with Crippen molar-refractivity contribution < 1.29 is 9.53 Å². The third-order valence-corrected chi connectivity index (χ3v) is 4.35. The number of ether oxygens (including phenoxy) is 1. The van der Waals surface area contributed by atoms with Gasteiger partial charge in [0.05, 0.1) is 16.7 Å². The van der Waals surface area contributed by atoms with Crippen molar-refractivity contribution in [1.29, 1.82) is 0 Å². The molecular weight excluding hydrogens is 331 g/mol. The Kier molecular flexibility index (Phi) is 3.89. The summed E-state index contributed by atoms with van der Waals surface area (Å²) in [4.78, 5) is 16.6. The minimum absolute atomic E-state index is 0.435. The lowest BCUT2D eigenvalue weighted by atomic mass is 10.1. The van der Waals surface area contributed by atoms with E-state index in [9.17, 15) is 4.79 Å². The van der Waals surface area contributed by atoms with Crippen molar-refractivity contribution in [3.63, 3.8) is 0 Å². The Morgan fingerprint density at radius 2 is 2.19 bits per heavy atom. The van der Waals surface area contributed by atoms with Gasteiger partial charge in [-0.25, -0.2) is 4.98 Å². The molecule has 3 rings (SSSR count). The van der Waals surface area contributed by atoms with Crippen molar-refractivity contribution in [2.45, 2.75) is 6.92 Å². The highest BCUT2D eigenvalue weighted by Crippen LogP contribution is 2.38. The second-order valence-electron chi connectivity index (χ2n) is 4.21. The second kappa shape index (κ2) is 5.67. The number of hydrogen-bond acceptors (Lipinski definition) is 4. The molecule has 3 aromatic rings. The van der Waals surface area contributed by atoms with E-state index in [2.05, 4.69) is 4.98 Å². The Morgan fingerprint density at radius 1 is 1.38 bits per heavy atom. The number of carbonyl (C=O) groups is 1. The molecule has 1 aromatic carbocycles. The maximum absolute atomic E-state index is 11.4. The van der Waals surface area contributed by atoms with Gasteiger partial charge in [0, 0.05) is 23.2 Å². The van der Waals surface area contributed by atoms with E-state index in [0.29, 0.717) is 39.4 Å². The topological polar surface area (TPSA) is 43.6 Å². The van der Waals surface area contributed by atoms with E-state index in [-0.39, 0.29) is 0 Å². The van der Waals surface area contributed by atoms with E-state index >= 15 is 0 Å². The SMILES string of the molecule is CCOc1cc(Cl)c(-c2nc3sccn3c2C=O)cc1Cl. The van der Waals surface area contributed by atoms with E-state index in [1.165, 1.54) is 11.3 Å². The van der Waals surface area contributed by atoms with Gasteiger partial charge in [0.1, 0.15) is 17.1 Å². The van der Waals surface area contributed by atoms with Crippen LogP contribution in [-0.4, -0.2) is 22.3 Å². The van der Waals surface area contributed by atoms with E-state index in [4.69, 9.17) is 27.9 Å². The summed E-state index contributed by atoms with van der Waals surface area (Å²) < 4.78 is 7.13. The maximum Gasteiger partial charge on any atom is 0.194 e. The van der Waals surface area contributed by atoms with Gasteiger partial charge in [-0.2, -0.15) is 0 Å². The van der Waals surface area contributed by atoms with Crippen LogP contribution >= 0.6 is 34.5 Å². The molecule has 0 spiro atoms. The van der Waals surface area contributed by atoms with Crippen molar-refractivity contribution in [1.82, 2.24) is 9.38 Å². The number of fused-ring (bicyclic) bond motifs is 1. The molecule has 0 aliphatic carbocycles.